The number of hydrogen-bond acceptors (Lipinski definition) is 5. The first kappa shape index (κ1) is 13.6. The zero-order valence-electron chi connectivity index (χ0n) is 11.2. The van der Waals surface area contributed by atoms with E-state index in [0.717, 1.165) is 19.3 Å². The van der Waals surface area contributed by atoms with Crippen molar-refractivity contribution in [2.75, 3.05) is 12.4 Å². The molecule has 6 nitrogen and oxygen atoms in total. The highest BCUT2D eigenvalue weighted by Crippen LogP contribution is 2.37. The van der Waals surface area contributed by atoms with E-state index in [1.807, 2.05) is 0 Å². The van der Waals surface area contributed by atoms with Crippen LogP contribution in [0.4, 0.5) is 5.95 Å². The van der Waals surface area contributed by atoms with Gasteiger partial charge in [0.1, 0.15) is 0 Å². The summed E-state index contributed by atoms with van der Waals surface area (Å²) >= 11 is 0. The van der Waals surface area contributed by atoms with Crippen molar-refractivity contribution in [1.29, 1.82) is 0 Å². The van der Waals surface area contributed by atoms with E-state index in [1.165, 1.54) is 7.11 Å². The Hall–Kier alpha value is -1.85. The van der Waals surface area contributed by atoms with Crippen LogP contribution in [0.2, 0.25) is 0 Å². The van der Waals surface area contributed by atoms with Crippen molar-refractivity contribution >= 4 is 11.9 Å². The summed E-state index contributed by atoms with van der Waals surface area (Å²) in [5.74, 6) is 0.108. The van der Waals surface area contributed by atoms with Crippen molar-refractivity contribution in [3.05, 3.63) is 12.3 Å². The molecule has 1 fully saturated rings. The van der Waals surface area contributed by atoms with E-state index in [2.05, 4.69) is 15.3 Å². The molecule has 19 heavy (non-hydrogen) atoms. The Kier molecular flexibility index (Phi) is 3.87. The smallest absolute Gasteiger partial charge is 0.311 e. The predicted molar refractivity (Wildman–Crippen MR) is 70.2 cm³/mol. The summed E-state index contributed by atoms with van der Waals surface area (Å²) in [7, 11) is 1.54. The third-order valence-electron chi connectivity index (χ3n) is 3.84. The molecule has 2 unspecified atom stereocenters. The van der Waals surface area contributed by atoms with Crippen LogP contribution < -0.4 is 10.1 Å². The third-order valence-corrected chi connectivity index (χ3v) is 3.84. The summed E-state index contributed by atoms with van der Waals surface area (Å²) in [6.45, 7) is 1.78. The minimum Gasteiger partial charge on any atom is -0.481 e. The van der Waals surface area contributed by atoms with Gasteiger partial charge in [-0.25, -0.2) is 4.98 Å². The Balaban J connectivity index is 2.17. The molecule has 1 aliphatic carbocycles. The van der Waals surface area contributed by atoms with Gasteiger partial charge in [-0.1, -0.05) is 12.8 Å². The molecule has 6 heteroatoms. The van der Waals surface area contributed by atoms with Crippen LogP contribution in [0.25, 0.3) is 0 Å². The average Bonchev–Trinajstić information content (AvgIpc) is 2.41. The Bertz CT molecular complexity index is 466. The Morgan fingerprint density at radius 1 is 1.58 bits per heavy atom. The van der Waals surface area contributed by atoms with Gasteiger partial charge in [0.25, 0.3) is 0 Å². The van der Waals surface area contributed by atoms with Crippen molar-refractivity contribution in [2.24, 2.45) is 5.41 Å². The highest BCUT2D eigenvalue weighted by molar-refractivity contribution is 5.76. The Morgan fingerprint density at radius 2 is 2.37 bits per heavy atom. The molecular weight excluding hydrogens is 246 g/mol. The number of aliphatic carboxylic acids is 1. The minimum absolute atomic E-state index is 0.161. The second kappa shape index (κ2) is 5.42. The van der Waals surface area contributed by atoms with Crippen LogP contribution in [0, 0.1) is 5.41 Å². The topological polar surface area (TPSA) is 84.3 Å². The number of carboxylic acids is 1. The zero-order valence-corrected chi connectivity index (χ0v) is 11.2. The van der Waals surface area contributed by atoms with Crippen molar-refractivity contribution < 1.29 is 14.6 Å². The summed E-state index contributed by atoms with van der Waals surface area (Å²) in [6.07, 6.45) is 5.03. The van der Waals surface area contributed by atoms with Crippen LogP contribution in [0.3, 0.4) is 0 Å². The molecule has 2 rings (SSSR count). The fraction of sp³-hybridized carbons (Fsp3) is 0.615. The summed E-state index contributed by atoms with van der Waals surface area (Å²) in [4.78, 5) is 19.8. The molecule has 1 saturated carbocycles. The first-order valence-corrected chi connectivity index (χ1v) is 6.43. The van der Waals surface area contributed by atoms with E-state index < -0.39 is 11.4 Å². The number of nitrogens with zero attached hydrogens (tertiary/aromatic N) is 2. The van der Waals surface area contributed by atoms with Gasteiger partial charge in [0.05, 0.1) is 12.5 Å². The Labute approximate surface area is 112 Å². The van der Waals surface area contributed by atoms with Crippen molar-refractivity contribution in [2.45, 2.75) is 38.6 Å². The maximum atomic E-state index is 11.5. The van der Waals surface area contributed by atoms with E-state index in [1.54, 1.807) is 19.2 Å². The normalized spacial score (nSPS) is 26.7. The number of carbonyl (C=O) groups is 1. The van der Waals surface area contributed by atoms with Gasteiger partial charge in [-0.2, -0.15) is 4.98 Å². The molecule has 0 spiro atoms. The summed E-state index contributed by atoms with van der Waals surface area (Å²) in [5, 5.41) is 12.6. The summed E-state index contributed by atoms with van der Waals surface area (Å²) in [5.41, 5.74) is -0.773. The summed E-state index contributed by atoms with van der Waals surface area (Å²) < 4.78 is 5.04. The lowest BCUT2D eigenvalue weighted by atomic mass is 9.72. The maximum absolute atomic E-state index is 11.5. The molecule has 104 valence electrons. The largest absolute Gasteiger partial charge is 0.481 e. The van der Waals surface area contributed by atoms with E-state index >= 15 is 0 Å². The number of aromatic nitrogens is 2. The molecule has 2 atom stereocenters. The molecule has 1 heterocycles. The van der Waals surface area contributed by atoms with Gasteiger partial charge in [0.15, 0.2) is 0 Å². The molecular formula is C13H19N3O3. The van der Waals surface area contributed by atoms with Crippen molar-refractivity contribution in [3.63, 3.8) is 0 Å². The molecule has 2 N–H and O–H groups in total. The van der Waals surface area contributed by atoms with Gasteiger partial charge in [-0.05, 0) is 19.8 Å². The van der Waals surface area contributed by atoms with Crippen molar-refractivity contribution in [1.82, 2.24) is 9.97 Å². The van der Waals surface area contributed by atoms with Crippen LogP contribution in [-0.2, 0) is 4.79 Å². The van der Waals surface area contributed by atoms with Gasteiger partial charge in [-0.15, -0.1) is 0 Å². The molecule has 1 aromatic heterocycles. The van der Waals surface area contributed by atoms with Gasteiger partial charge in [0.2, 0.25) is 11.8 Å². The standard InChI is InChI=1S/C13H19N3O3/c1-13(11(17)18)7-4-3-5-9(13)15-12-14-8-6-10(16-12)19-2/h6,8-9H,3-5,7H2,1-2H3,(H,17,18)(H,14,15,16). The molecule has 0 amide bonds. The second-order valence-electron chi connectivity index (χ2n) is 5.09. The third kappa shape index (κ3) is 2.77. The molecule has 0 aliphatic heterocycles. The number of ether oxygens (including phenoxy) is 1. The molecule has 0 saturated heterocycles. The van der Waals surface area contributed by atoms with E-state index in [9.17, 15) is 9.90 Å². The number of nitrogens with one attached hydrogen (secondary N) is 1. The predicted octanol–water partition coefficient (Wildman–Crippen LogP) is 1.93. The SMILES string of the molecule is COc1ccnc(NC2CCCCC2(C)C(=O)O)n1. The lowest BCUT2D eigenvalue weighted by Gasteiger charge is -2.38. The number of methoxy groups -OCH3 is 1. The highest BCUT2D eigenvalue weighted by atomic mass is 16.5. The molecule has 0 radical (unpaired) electrons. The Morgan fingerprint density at radius 3 is 3.05 bits per heavy atom. The molecule has 0 aromatic carbocycles. The lowest BCUT2D eigenvalue weighted by Crippen LogP contribution is -2.46. The van der Waals surface area contributed by atoms with Gasteiger partial charge in [-0.3, -0.25) is 4.79 Å². The van der Waals surface area contributed by atoms with E-state index in [4.69, 9.17) is 4.74 Å². The number of rotatable bonds is 4. The molecule has 1 aliphatic rings. The maximum Gasteiger partial charge on any atom is 0.311 e. The minimum atomic E-state index is -0.773. The number of anilines is 1. The van der Waals surface area contributed by atoms with Gasteiger partial charge in [0, 0.05) is 18.3 Å². The fourth-order valence-corrected chi connectivity index (χ4v) is 2.50. The quantitative estimate of drug-likeness (QED) is 0.865. The molecule has 0 bridgehead atoms. The molecule has 1 aromatic rings. The lowest BCUT2D eigenvalue weighted by molar-refractivity contribution is -0.150. The van der Waals surface area contributed by atoms with Crippen LogP contribution in [0.1, 0.15) is 32.6 Å². The van der Waals surface area contributed by atoms with Crippen LogP contribution in [0.15, 0.2) is 12.3 Å². The van der Waals surface area contributed by atoms with Gasteiger partial charge < -0.3 is 15.2 Å². The average molecular weight is 265 g/mol. The first-order valence-electron chi connectivity index (χ1n) is 6.43. The van der Waals surface area contributed by atoms with Crippen molar-refractivity contribution in [3.8, 4) is 5.88 Å². The summed E-state index contributed by atoms with van der Waals surface area (Å²) in [6, 6.07) is 1.49. The van der Waals surface area contributed by atoms with Crippen LogP contribution in [0.5, 0.6) is 5.88 Å². The first-order chi connectivity index (χ1) is 9.06. The monoisotopic (exact) mass is 265 g/mol. The second-order valence-corrected chi connectivity index (χ2v) is 5.09. The highest BCUT2D eigenvalue weighted by Gasteiger charge is 2.43. The number of carboxylic acid groups (broad SMARTS) is 1. The number of hydrogen-bond donors (Lipinski definition) is 2. The van der Waals surface area contributed by atoms with Crippen LogP contribution in [-0.4, -0.2) is 34.2 Å². The van der Waals surface area contributed by atoms with Gasteiger partial charge >= 0.3 is 5.97 Å². The van der Waals surface area contributed by atoms with Crippen LogP contribution >= 0.6 is 0 Å². The van der Waals surface area contributed by atoms with E-state index in [0.29, 0.717) is 18.2 Å². The fourth-order valence-electron chi connectivity index (χ4n) is 2.50. The van der Waals surface area contributed by atoms with E-state index in [-0.39, 0.29) is 6.04 Å². The zero-order chi connectivity index (χ0) is 13.9.